The molecule has 1 nitrogen and oxygen atoms in total. The smallest absolute Gasteiger partial charge is 0.134 e. The van der Waals surface area contributed by atoms with Crippen LogP contribution in [-0.4, -0.2) is 5.78 Å². The Kier molecular flexibility index (Phi) is 13.0. The Morgan fingerprint density at radius 2 is 0.746 bits per heavy atom. The number of rotatable bonds is 11. The molecule has 0 N–H and O–H groups in total. The highest BCUT2D eigenvalue weighted by Gasteiger charge is 2.43. The number of fused-ring (bicyclic) bond motifs is 2. The van der Waals surface area contributed by atoms with Crippen molar-refractivity contribution < 1.29 is 4.79 Å². The maximum absolute atomic E-state index is 14.8. The van der Waals surface area contributed by atoms with Crippen LogP contribution in [0.4, 0.5) is 0 Å². The van der Waals surface area contributed by atoms with Gasteiger partial charge in [-0.25, -0.2) is 0 Å². The van der Waals surface area contributed by atoms with Crippen LogP contribution in [0, 0.1) is 0 Å². The quantitative estimate of drug-likeness (QED) is 0.119. The van der Waals surface area contributed by atoms with Crippen molar-refractivity contribution in [3.63, 3.8) is 0 Å². The van der Waals surface area contributed by atoms with Crippen molar-refractivity contribution in [1.29, 1.82) is 0 Å². The molecule has 0 saturated carbocycles. The summed E-state index contributed by atoms with van der Waals surface area (Å²) in [7, 11) is -1.10. The number of carbonyl (C=O) groups is 1. The van der Waals surface area contributed by atoms with Crippen molar-refractivity contribution in [3.8, 4) is 22.3 Å². The average molecular weight is 849 g/mol. The summed E-state index contributed by atoms with van der Waals surface area (Å²) in [5, 5.41) is 6.47. The van der Waals surface area contributed by atoms with Gasteiger partial charge in [0, 0.05) is 24.2 Å². The molecule has 0 bridgehead atoms. The minimum atomic E-state index is -1.10. The Morgan fingerprint density at radius 3 is 1.10 bits per heavy atom. The molecule has 324 valence electrons. The predicted octanol–water partition coefficient (Wildman–Crippen LogP) is 18.0. The minimum absolute atomic E-state index is 0.0103. The molecule has 1 saturated heterocycles. The summed E-state index contributed by atoms with van der Waals surface area (Å²) >= 11 is 0. The Hall–Kier alpha value is -4.84. The van der Waals surface area contributed by atoms with E-state index < -0.39 is 7.92 Å². The van der Waals surface area contributed by atoms with Gasteiger partial charge in [0.1, 0.15) is 5.78 Å². The molecule has 2 atom stereocenters. The van der Waals surface area contributed by atoms with E-state index in [9.17, 15) is 4.79 Å². The SMILES string of the molecule is CC(C)c1cc(C(C)C)c(-c2cccc(-c3c(C(C)C)cc(C(C)C)cc3C(C)C)c2P2C(c3cccc4ccccc34)CC(=O)CC2c2cccc3ccccc23)c(C(C)C)c1. The van der Waals surface area contributed by atoms with Gasteiger partial charge >= 0.3 is 0 Å². The van der Waals surface area contributed by atoms with Crippen molar-refractivity contribution >= 4 is 40.6 Å². The summed E-state index contributed by atoms with van der Waals surface area (Å²) < 4.78 is 0. The van der Waals surface area contributed by atoms with Crippen LogP contribution >= 0.6 is 7.92 Å². The van der Waals surface area contributed by atoms with E-state index in [1.807, 2.05) is 0 Å². The van der Waals surface area contributed by atoms with Gasteiger partial charge in [0.2, 0.25) is 0 Å². The molecule has 1 heterocycles. The lowest BCUT2D eigenvalue weighted by Gasteiger charge is -2.42. The monoisotopic (exact) mass is 849 g/mol. The molecule has 1 aliphatic heterocycles. The molecule has 0 amide bonds. The third-order valence-electron chi connectivity index (χ3n) is 14.0. The fourth-order valence-electron chi connectivity index (χ4n) is 10.6. The van der Waals surface area contributed by atoms with Gasteiger partial charge < -0.3 is 0 Å². The molecule has 0 aromatic heterocycles. The van der Waals surface area contributed by atoms with Crippen molar-refractivity contribution in [1.82, 2.24) is 0 Å². The molecule has 0 spiro atoms. The van der Waals surface area contributed by atoms with Gasteiger partial charge in [0.05, 0.1) is 0 Å². The summed E-state index contributed by atoms with van der Waals surface area (Å²) in [6.45, 7) is 28.4. The second-order valence-electron chi connectivity index (χ2n) is 20.3. The Morgan fingerprint density at radius 1 is 0.413 bits per heavy atom. The van der Waals surface area contributed by atoms with Crippen LogP contribution in [0.2, 0.25) is 0 Å². The number of hydrogen-bond acceptors (Lipinski definition) is 1. The van der Waals surface area contributed by atoms with Gasteiger partial charge in [0.15, 0.2) is 0 Å². The Balaban J connectivity index is 1.61. The molecule has 1 fully saturated rings. The number of hydrogen-bond donors (Lipinski definition) is 0. The first-order chi connectivity index (χ1) is 30.2. The first kappa shape index (κ1) is 44.8. The topological polar surface area (TPSA) is 17.1 Å². The van der Waals surface area contributed by atoms with Crippen molar-refractivity contribution in [2.75, 3.05) is 0 Å². The standard InChI is InChI=1S/C61H69OP/c1-36(2)44-30-53(38(5)6)59(54(31-44)39(7)8)51-28-19-29-52(60-55(40(9)10)32-45(37(3)4)33-56(60)41(11)12)61(51)63-57(49-26-17-22-42-20-13-15-24-47(42)49)34-46(62)35-58(63)50-27-18-23-43-21-14-16-25-48(43)50/h13-33,36-41,57-58H,34-35H2,1-12H3. The summed E-state index contributed by atoms with van der Waals surface area (Å²) in [6, 6.07) is 48.9. The summed E-state index contributed by atoms with van der Waals surface area (Å²) in [6.07, 6.45) is 1.07. The van der Waals surface area contributed by atoms with Crippen molar-refractivity contribution in [3.05, 3.63) is 172 Å². The number of Topliss-reactive ketones (excluding diaryl/α,β-unsaturated/α-hetero) is 1. The lowest BCUT2D eigenvalue weighted by molar-refractivity contribution is -0.119. The van der Waals surface area contributed by atoms with E-state index in [0.717, 1.165) is 0 Å². The molecule has 0 radical (unpaired) electrons. The molecule has 2 heteroatoms. The summed E-state index contributed by atoms with van der Waals surface area (Å²) in [5.41, 5.74) is 16.7. The third kappa shape index (κ3) is 8.49. The zero-order valence-corrected chi connectivity index (χ0v) is 40.9. The zero-order chi connectivity index (χ0) is 44.9. The van der Waals surface area contributed by atoms with Crippen LogP contribution < -0.4 is 5.30 Å². The van der Waals surface area contributed by atoms with E-state index in [1.54, 1.807) is 0 Å². The Labute approximate surface area is 380 Å². The lowest BCUT2D eigenvalue weighted by atomic mass is 9.79. The van der Waals surface area contributed by atoms with Crippen molar-refractivity contribution in [2.24, 2.45) is 0 Å². The normalized spacial score (nSPS) is 17.2. The van der Waals surface area contributed by atoms with Gasteiger partial charge in [-0.3, -0.25) is 4.79 Å². The van der Waals surface area contributed by atoms with Gasteiger partial charge in [-0.2, -0.15) is 0 Å². The molecule has 1 aliphatic rings. The van der Waals surface area contributed by atoms with E-state index in [-0.39, 0.29) is 11.3 Å². The maximum Gasteiger partial charge on any atom is 0.134 e. The molecule has 0 aliphatic carbocycles. The van der Waals surface area contributed by atoms with Gasteiger partial charge in [-0.1, -0.05) is 218 Å². The van der Waals surface area contributed by atoms with E-state index in [2.05, 4.69) is 210 Å². The number of benzene rings is 7. The van der Waals surface area contributed by atoms with Gasteiger partial charge in [-0.05, 0) is 129 Å². The summed E-state index contributed by atoms with van der Waals surface area (Å²) in [5.74, 6) is 2.47. The van der Waals surface area contributed by atoms with Gasteiger partial charge in [0.25, 0.3) is 0 Å². The van der Waals surface area contributed by atoms with E-state index >= 15 is 0 Å². The molecule has 2 unspecified atom stereocenters. The lowest BCUT2D eigenvalue weighted by Crippen LogP contribution is -2.27. The van der Waals surface area contributed by atoms with E-state index in [4.69, 9.17) is 0 Å². The molecule has 7 aromatic rings. The molecule has 63 heavy (non-hydrogen) atoms. The predicted molar refractivity (Wildman–Crippen MR) is 276 cm³/mol. The van der Waals surface area contributed by atoms with Crippen LogP contribution in [0.15, 0.2) is 127 Å². The zero-order valence-electron chi connectivity index (χ0n) is 40.0. The van der Waals surface area contributed by atoms with Crippen LogP contribution in [0.5, 0.6) is 0 Å². The minimum Gasteiger partial charge on any atom is -0.300 e. The first-order valence-corrected chi connectivity index (χ1v) is 25.4. The van der Waals surface area contributed by atoms with Crippen molar-refractivity contribution in [2.45, 2.75) is 143 Å². The maximum atomic E-state index is 14.8. The van der Waals surface area contributed by atoms with Crippen LogP contribution in [-0.2, 0) is 4.79 Å². The largest absolute Gasteiger partial charge is 0.300 e. The van der Waals surface area contributed by atoms with Gasteiger partial charge in [-0.15, -0.1) is 0 Å². The average Bonchev–Trinajstić information content (AvgIpc) is 3.27. The fourth-order valence-corrected chi connectivity index (χ4v) is 14.4. The first-order valence-electron chi connectivity index (χ1n) is 23.9. The highest BCUT2D eigenvalue weighted by atomic mass is 31.1. The van der Waals surface area contributed by atoms with E-state index in [0.29, 0.717) is 54.1 Å². The highest BCUT2D eigenvalue weighted by molar-refractivity contribution is 7.67. The molecular formula is C61H69OP. The number of carbonyl (C=O) groups excluding carboxylic acids is 1. The third-order valence-corrected chi connectivity index (χ3v) is 17.2. The Bertz CT molecular complexity index is 2540. The van der Waals surface area contributed by atoms with Crippen LogP contribution in [0.3, 0.4) is 0 Å². The number of ketones is 1. The van der Waals surface area contributed by atoms with E-state index in [1.165, 1.54) is 93.6 Å². The molecular weight excluding hydrogens is 780 g/mol. The second-order valence-corrected chi connectivity index (χ2v) is 22.8. The van der Waals surface area contributed by atoms with Crippen LogP contribution in [0.25, 0.3) is 43.8 Å². The fraction of sp³-hybridized carbons (Fsp3) is 0.361. The molecule has 7 aromatic carbocycles. The summed E-state index contributed by atoms with van der Waals surface area (Å²) in [4.78, 5) is 14.8. The van der Waals surface area contributed by atoms with Crippen LogP contribution in [0.1, 0.15) is 187 Å². The second kappa shape index (κ2) is 18.3. The molecule has 8 rings (SSSR count). The highest BCUT2D eigenvalue weighted by Crippen LogP contribution is 2.69.